The summed E-state index contributed by atoms with van der Waals surface area (Å²) in [7, 11) is 0. The molecule has 0 saturated carbocycles. The van der Waals surface area contributed by atoms with Crippen LogP contribution in [0.2, 0.25) is 5.02 Å². The number of non-ortho nitro benzene ring substituents is 1. The summed E-state index contributed by atoms with van der Waals surface area (Å²) in [4.78, 5) is 10.1. The van der Waals surface area contributed by atoms with Crippen molar-refractivity contribution in [3.05, 3.63) is 63.2 Å². The molecule has 2 aromatic carbocycles. The molecule has 0 aliphatic rings. The molecule has 10 heteroatoms. The summed E-state index contributed by atoms with van der Waals surface area (Å²) >= 11 is 10.8. The molecule has 0 amide bonds. The summed E-state index contributed by atoms with van der Waals surface area (Å²) in [6.07, 6.45) is -4.52. The topological polar surface area (TPSA) is 67.2 Å². The Balaban J connectivity index is 2.15. The SMILES string of the molecule is O=[N+]([O-])c1cccc(NC(=S)Nc2cc(C(F)(F)F)ccc2Cl)c1. The summed E-state index contributed by atoms with van der Waals surface area (Å²) in [6.45, 7) is 0. The van der Waals surface area contributed by atoms with Gasteiger partial charge in [0, 0.05) is 17.8 Å². The van der Waals surface area contributed by atoms with Crippen molar-refractivity contribution in [3.63, 3.8) is 0 Å². The lowest BCUT2D eigenvalue weighted by atomic mass is 10.2. The van der Waals surface area contributed by atoms with Gasteiger partial charge in [-0.3, -0.25) is 10.1 Å². The molecule has 0 unspecified atom stereocenters. The van der Waals surface area contributed by atoms with Crippen LogP contribution in [0.3, 0.4) is 0 Å². The molecule has 2 rings (SSSR count). The Morgan fingerprint density at radius 2 is 1.88 bits per heavy atom. The zero-order chi connectivity index (χ0) is 17.9. The molecule has 0 aromatic heterocycles. The van der Waals surface area contributed by atoms with E-state index in [-0.39, 0.29) is 21.5 Å². The van der Waals surface area contributed by atoms with Crippen molar-refractivity contribution in [1.82, 2.24) is 0 Å². The zero-order valence-corrected chi connectivity index (χ0v) is 13.3. The lowest BCUT2D eigenvalue weighted by Crippen LogP contribution is -2.19. The summed E-state index contributed by atoms with van der Waals surface area (Å²) < 4.78 is 38.2. The van der Waals surface area contributed by atoms with Crippen LogP contribution in [0.4, 0.5) is 30.2 Å². The normalized spacial score (nSPS) is 11.0. The number of alkyl halides is 3. The van der Waals surface area contributed by atoms with Crippen molar-refractivity contribution in [2.45, 2.75) is 6.18 Å². The van der Waals surface area contributed by atoms with Gasteiger partial charge < -0.3 is 10.6 Å². The van der Waals surface area contributed by atoms with Crippen LogP contribution in [-0.4, -0.2) is 10.0 Å². The quantitative estimate of drug-likeness (QED) is 0.445. The lowest BCUT2D eigenvalue weighted by molar-refractivity contribution is -0.384. The maximum absolute atomic E-state index is 12.7. The number of hydrogen-bond acceptors (Lipinski definition) is 3. The Labute approximate surface area is 144 Å². The van der Waals surface area contributed by atoms with Gasteiger partial charge in [-0.05, 0) is 36.5 Å². The van der Waals surface area contributed by atoms with Gasteiger partial charge in [-0.1, -0.05) is 17.7 Å². The van der Waals surface area contributed by atoms with Crippen LogP contribution in [0.15, 0.2) is 42.5 Å². The van der Waals surface area contributed by atoms with E-state index in [9.17, 15) is 23.3 Å². The van der Waals surface area contributed by atoms with Crippen molar-refractivity contribution in [2.75, 3.05) is 10.6 Å². The van der Waals surface area contributed by atoms with Crippen LogP contribution in [0.5, 0.6) is 0 Å². The van der Waals surface area contributed by atoms with Gasteiger partial charge >= 0.3 is 6.18 Å². The Kier molecular flexibility index (Phi) is 5.25. The largest absolute Gasteiger partial charge is 0.416 e. The third-order valence-corrected chi connectivity index (χ3v) is 3.39. The highest BCUT2D eigenvalue weighted by Crippen LogP contribution is 2.33. The smallest absolute Gasteiger partial charge is 0.332 e. The number of halogens is 4. The van der Waals surface area contributed by atoms with E-state index in [4.69, 9.17) is 23.8 Å². The number of thiocarbonyl (C=S) groups is 1. The van der Waals surface area contributed by atoms with Gasteiger partial charge in [0.15, 0.2) is 5.11 Å². The molecule has 0 atom stereocenters. The van der Waals surface area contributed by atoms with Crippen LogP contribution in [0.1, 0.15) is 5.56 Å². The van der Waals surface area contributed by atoms with E-state index in [1.807, 2.05) is 0 Å². The van der Waals surface area contributed by atoms with Crippen molar-refractivity contribution in [2.24, 2.45) is 0 Å². The van der Waals surface area contributed by atoms with Gasteiger partial charge in [0.25, 0.3) is 5.69 Å². The van der Waals surface area contributed by atoms with E-state index in [0.29, 0.717) is 5.69 Å². The molecule has 0 aliphatic carbocycles. The minimum atomic E-state index is -4.52. The second-order valence-corrected chi connectivity index (χ2v) is 5.39. The fraction of sp³-hybridized carbons (Fsp3) is 0.0714. The number of hydrogen-bond donors (Lipinski definition) is 2. The number of nitro benzene ring substituents is 1. The molecular weight excluding hydrogens is 367 g/mol. The van der Waals surface area contributed by atoms with Gasteiger partial charge in [0.2, 0.25) is 0 Å². The standard InChI is InChI=1S/C14H9ClF3N3O2S/c15-11-5-4-8(14(16,17)18)6-12(11)20-13(24)19-9-2-1-3-10(7-9)21(22)23/h1-7H,(H2,19,20,24). The summed E-state index contributed by atoms with van der Waals surface area (Å²) in [5, 5.41) is 15.9. The number of benzene rings is 2. The molecule has 0 bridgehead atoms. The first-order chi connectivity index (χ1) is 11.2. The average Bonchev–Trinajstić information content (AvgIpc) is 2.48. The van der Waals surface area contributed by atoms with E-state index in [2.05, 4.69) is 10.6 Å². The van der Waals surface area contributed by atoms with Crippen molar-refractivity contribution < 1.29 is 18.1 Å². The maximum atomic E-state index is 12.7. The first-order valence-corrected chi connectivity index (χ1v) is 7.14. The predicted molar refractivity (Wildman–Crippen MR) is 89.4 cm³/mol. The minimum absolute atomic E-state index is 0.0329. The van der Waals surface area contributed by atoms with E-state index >= 15 is 0 Å². The number of rotatable bonds is 3. The van der Waals surface area contributed by atoms with Gasteiger partial charge in [0.1, 0.15) is 0 Å². The van der Waals surface area contributed by atoms with Crippen molar-refractivity contribution in [3.8, 4) is 0 Å². The predicted octanol–water partition coefficient (Wildman–Crippen LogP) is 5.08. The van der Waals surface area contributed by atoms with Crippen molar-refractivity contribution >= 4 is 46.0 Å². The zero-order valence-electron chi connectivity index (χ0n) is 11.7. The van der Waals surface area contributed by atoms with Gasteiger partial charge in [0.05, 0.1) is 21.2 Å². The third kappa shape index (κ3) is 4.56. The second kappa shape index (κ2) is 7.02. The Bertz CT molecular complexity index is 799. The Morgan fingerprint density at radius 3 is 2.50 bits per heavy atom. The molecular formula is C14H9ClF3N3O2S. The number of nitrogens with zero attached hydrogens (tertiary/aromatic N) is 1. The number of nitrogens with one attached hydrogen (secondary N) is 2. The van der Waals surface area contributed by atoms with E-state index in [1.165, 1.54) is 24.3 Å². The van der Waals surface area contributed by atoms with Crippen LogP contribution >= 0.6 is 23.8 Å². The van der Waals surface area contributed by atoms with Gasteiger partial charge in [-0.15, -0.1) is 0 Å². The van der Waals surface area contributed by atoms with Crippen molar-refractivity contribution in [1.29, 1.82) is 0 Å². The molecule has 5 nitrogen and oxygen atoms in total. The summed E-state index contributed by atoms with van der Waals surface area (Å²) in [5.41, 5.74) is -0.758. The maximum Gasteiger partial charge on any atom is 0.416 e. The Hall–Kier alpha value is -2.39. The fourth-order valence-corrected chi connectivity index (χ4v) is 2.17. The minimum Gasteiger partial charge on any atom is -0.332 e. The second-order valence-electron chi connectivity index (χ2n) is 4.58. The molecule has 24 heavy (non-hydrogen) atoms. The first kappa shape index (κ1) is 18.0. The molecule has 0 spiro atoms. The van der Waals surface area contributed by atoms with Crippen LogP contribution in [0, 0.1) is 10.1 Å². The fourth-order valence-electron chi connectivity index (χ4n) is 1.78. The Morgan fingerprint density at radius 1 is 1.17 bits per heavy atom. The molecule has 0 heterocycles. The van der Waals surface area contributed by atoms with Crippen LogP contribution < -0.4 is 10.6 Å². The molecule has 0 fully saturated rings. The van der Waals surface area contributed by atoms with E-state index < -0.39 is 16.7 Å². The highest BCUT2D eigenvalue weighted by atomic mass is 35.5. The molecule has 126 valence electrons. The highest BCUT2D eigenvalue weighted by molar-refractivity contribution is 7.80. The highest BCUT2D eigenvalue weighted by Gasteiger charge is 2.31. The first-order valence-electron chi connectivity index (χ1n) is 6.36. The van der Waals surface area contributed by atoms with Gasteiger partial charge in [-0.2, -0.15) is 13.2 Å². The molecule has 2 N–H and O–H groups in total. The number of nitro groups is 1. The lowest BCUT2D eigenvalue weighted by Gasteiger charge is -2.14. The van der Waals surface area contributed by atoms with Crippen LogP contribution in [-0.2, 0) is 6.18 Å². The molecule has 0 saturated heterocycles. The molecule has 0 aliphatic heterocycles. The van der Waals surface area contributed by atoms with E-state index in [1.54, 1.807) is 0 Å². The molecule has 2 aromatic rings. The average molecular weight is 376 g/mol. The summed E-state index contributed by atoms with van der Waals surface area (Å²) in [5.74, 6) is 0. The third-order valence-electron chi connectivity index (χ3n) is 2.86. The monoisotopic (exact) mass is 375 g/mol. The summed E-state index contributed by atoms with van der Waals surface area (Å²) in [6, 6.07) is 8.28. The van der Waals surface area contributed by atoms with E-state index in [0.717, 1.165) is 18.2 Å². The molecule has 0 radical (unpaired) electrons. The van der Waals surface area contributed by atoms with Gasteiger partial charge in [-0.25, -0.2) is 0 Å². The van der Waals surface area contributed by atoms with Crippen LogP contribution in [0.25, 0.3) is 0 Å². The number of anilines is 2.